The molecule has 1 aliphatic rings. The SMILES string of the molecule is O=C(c1cc(S(=O)(=O)Nc2cccc(C(F)(F)F)c2)c[nH]1)N1CCCC1. The van der Waals surface area contributed by atoms with Crippen LogP contribution in [-0.2, 0) is 16.2 Å². The predicted octanol–water partition coefficient (Wildman–Crippen LogP) is 3.07. The molecular formula is C16H16F3N3O3S. The molecule has 0 unspecified atom stereocenters. The highest BCUT2D eigenvalue weighted by Crippen LogP contribution is 2.31. The van der Waals surface area contributed by atoms with Crippen LogP contribution in [0.1, 0.15) is 28.9 Å². The van der Waals surface area contributed by atoms with Gasteiger partial charge in [-0.3, -0.25) is 9.52 Å². The van der Waals surface area contributed by atoms with Crippen molar-refractivity contribution in [1.29, 1.82) is 0 Å². The van der Waals surface area contributed by atoms with Gasteiger partial charge in [-0.05, 0) is 37.1 Å². The van der Waals surface area contributed by atoms with Crippen molar-refractivity contribution >= 4 is 21.6 Å². The molecule has 1 aliphatic heterocycles. The average molecular weight is 387 g/mol. The smallest absolute Gasteiger partial charge is 0.356 e. The van der Waals surface area contributed by atoms with Crippen LogP contribution < -0.4 is 4.72 Å². The van der Waals surface area contributed by atoms with Crippen LogP contribution >= 0.6 is 0 Å². The van der Waals surface area contributed by atoms with Crippen molar-refractivity contribution in [2.75, 3.05) is 17.8 Å². The third kappa shape index (κ3) is 3.85. The zero-order chi connectivity index (χ0) is 18.9. The van der Waals surface area contributed by atoms with Gasteiger partial charge in [-0.25, -0.2) is 8.42 Å². The van der Waals surface area contributed by atoms with Crippen LogP contribution in [0.2, 0.25) is 0 Å². The van der Waals surface area contributed by atoms with Crippen LogP contribution in [0.4, 0.5) is 18.9 Å². The first kappa shape index (κ1) is 18.3. The molecule has 0 atom stereocenters. The van der Waals surface area contributed by atoms with Crippen LogP contribution in [0, 0.1) is 0 Å². The maximum Gasteiger partial charge on any atom is 0.416 e. The van der Waals surface area contributed by atoms with Gasteiger partial charge in [-0.1, -0.05) is 6.07 Å². The largest absolute Gasteiger partial charge is 0.416 e. The molecule has 1 fully saturated rings. The molecule has 2 heterocycles. The van der Waals surface area contributed by atoms with Crippen LogP contribution in [0.3, 0.4) is 0 Å². The predicted molar refractivity (Wildman–Crippen MR) is 88.2 cm³/mol. The molecule has 2 aromatic rings. The number of benzene rings is 1. The highest BCUT2D eigenvalue weighted by atomic mass is 32.2. The fraction of sp³-hybridized carbons (Fsp3) is 0.312. The van der Waals surface area contributed by atoms with Crippen LogP contribution in [0.15, 0.2) is 41.4 Å². The van der Waals surface area contributed by atoms with Crippen LogP contribution in [0.25, 0.3) is 0 Å². The standard InChI is InChI=1S/C16H16F3N3O3S/c17-16(18,19)11-4-3-5-12(8-11)21-26(24,25)13-9-14(20-10-13)15(23)22-6-1-2-7-22/h3-5,8-10,20-21H,1-2,6-7H2. The van der Waals surface area contributed by atoms with Crippen molar-refractivity contribution in [3.05, 3.63) is 47.8 Å². The van der Waals surface area contributed by atoms with E-state index in [0.29, 0.717) is 19.2 Å². The van der Waals surface area contributed by atoms with E-state index in [-0.39, 0.29) is 22.2 Å². The monoisotopic (exact) mass is 387 g/mol. The summed E-state index contributed by atoms with van der Waals surface area (Å²) in [5.74, 6) is -0.303. The van der Waals surface area contributed by atoms with E-state index >= 15 is 0 Å². The number of rotatable bonds is 4. The summed E-state index contributed by atoms with van der Waals surface area (Å²) in [7, 11) is -4.13. The van der Waals surface area contributed by atoms with Gasteiger partial charge >= 0.3 is 6.18 Å². The lowest BCUT2D eigenvalue weighted by Gasteiger charge is -2.13. The van der Waals surface area contributed by atoms with E-state index in [0.717, 1.165) is 31.2 Å². The van der Waals surface area contributed by atoms with Gasteiger partial charge in [0.1, 0.15) is 10.6 Å². The van der Waals surface area contributed by atoms with Gasteiger partial charge in [0.15, 0.2) is 0 Å². The first-order chi connectivity index (χ1) is 12.2. The third-order valence-electron chi connectivity index (χ3n) is 4.03. The van der Waals surface area contributed by atoms with Gasteiger partial charge in [-0.2, -0.15) is 13.2 Å². The van der Waals surface area contributed by atoms with E-state index in [9.17, 15) is 26.4 Å². The Morgan fingerprint density at radius 2 is 1.85 bits per heavy atom. The lowest BCUT2D eigenvalue weighted by atomic mass is 10.2. The van der Waals surface area contributed by atoms with E-state index in [4.69, 9.17) is 0 Å². The highest BCUT2D eigenvalue weighted by Gasteiger charge is 2.31. The van der Waals surface area contributed by atoms with Crippen molar-refractivity contribution in [3.8, 4) is 0 Å². The molecule has 1 aromatic carbocycles. The van der Waals surface area contributed by atoms with Gasteiger partial charge in [-0.15, -0.1) is 0 Å². The second kappa shape index (κ2) is 6.67. The Morgan fingerprint density at radius 3 is 2.50 bits per heavy atom. The summed E-state index contributed by atoms with van der Waals surface area (Å²) in [6.45, 7) is 1.23. The molecule has 0 bridgehead atoms. The number of likely N-dealkylation sites (tertiary alicyclic amines) is 1. The van der Waals surface area contributed by atoms with Gasteiger partial charge in [0, 0.05) is 25.0 Å². The number of alkyl halides is 3. The topological polar surface area (TPSA) is 82.3 Å². The minimum atomic E-state index is -4.58. The number of hydrogen-bond acceptors (Lipinski definition) is 3. The number of carbonyl (C=O) groups is 1. The van der Waals surface area contributed by atoms with Crippen molar-refractivity contribution in [1.82, 2.24) is 9.88 Å². The average Bonchev–Trinajstić information content (AvgIpc) is 3.25. The number of carbonyl (C=O) groups excluding carboxylic acids is 1. The summed E-state index contributed by atoms with van der Waals surface area (Å²) in [4.78, 5) is 16.3. The maximum absolute atomic E-state index is 12.7. The number of anilines is 1. The fourth-order valence-electron chi connectivity index (χ4n) is 2.72. The molecule has 3 rings (SSSR count). The molecule has 26 heavy (non-hydrogen) atoms. The first-order valence-electron chi connectivity index (χ1n) is 7.84. The minimum absolute atomic E-state index is 0.122. The lowest BCUT2D eigenvalue weighted by molar-refractivity contribution is -0.137. The first-order valence-corrected chi connectivity index (χ1v) is 9.33. The van der Waals surface area contributed by atoms with E-state index in [2.05, 4.69) is 9.71 Å². The summed E-state index contributed by atoms with van der Waals surface area (Å²) in [6.07, 6.45) is -1.65. The van der Waals surface area contributed by atoms with E-state index in [1.807, 2.05) is 0 Å². The second-order valence-electron chi connectivity index (χ2n) is 5.93. The van der Waals surface area contributed by atoms with Gasteiger partial charge in [0.25, 0.3) is 15.9 Å². The van der Waals surface area contributed by atoms with Gasteiger partial charge in [0.05, 0.1) is 5.56 Å². The van der Waals surface area contributed by atoms with Crippen LogP contribution in [0.5, 0.6) is 0 Å². The summed E-state index contributed by atoms with van der Waals surface area (Å²) < 4.78 is 65.1. The van der Waals surface area contributed by atoms with Crippen molar-refractivity contribution in [2.24, 2.45) is 0 Å². The molecule has 0 saturated carbocycles. The van der Waals surface area contributed by atoms with Crippen LogP contribution in [-0.4, -0.2) is 37.3 Å². The van der Waals surface area contributed by atoms with Crippen molar-refractivity contribution < 1.29 is 26.4 Å². The van der Waals surface area contributed by atoms with E-state index < -0.39 is 21.8 Å². The number of H-pyrrole nitrogens is 1. The summed E-state index contributed by atoms with van der Waals surface area (Å²) >= 11 is 0. The Balaban J connectivity index is 1.80. The molecule has 0 aliphatic carbocycles. The zero-order valence-electron chi connectivity index (χ0n) is 13.5. The normalized spacial score (nSPS) is 15.3. The summed E-state index contributed by atoms with van der Waals surface area (Å²) in [5, 5.41) is 0. The quantitative estimate of drug-likeness (QED) is 0.846. The molecular weight excluding hydrogens is 371 g/mol. The highest BCUT2D eigenvalue weighted by molar-refractivity contribution is 7.92. The van der Waals surface area contributed by atoms with E-state index in [1.54, 1.807) is 4.90 Å². The zero-order valence-corrected chi connectivity index (χ0v) is 14.3. The fourth-order valence-corrected chi connectivity index (χ4v) is 3.76. The number of nitrogens with zero attached hydrogens (tertiary/aromatic N) is 1. The summed E-state index contributed by atoms with van der Waals surface area (Å²) in [6, 6.07) is 5.06. The third-order valence-corrected chi connectivity index (χ3v) is 5.39. The molecule has 1 aromatic heterocycles. The lowest BCUT2D eigenvalue weighted by Crippen LogP contribution is -2.27. The molecule has 2 N–H and O–H groups in total. The number of sulfonamides is 1. The number of amides is 1. The Morgan fingerprint density at radius 1 is 1.15 bits per heavy atom. The number of hydrogen-bond donors (Lipinski definition) is 2. The molecule has 1 saturated heterocycles. The molecule has 0 spiro atoms. The number of halogens is 3. The molecule has 1 amide bonds. The Labute approximate surface area is 148 Å². The number of aromatic amines is 1. The summed E-state index contributed by atoms with van der Waals surface area (Å²) in [5.41, 5.74) is -1.05. The Bertz CT molecular complexity index is 916. The Hall–Kier alpha value is -2.49. The number of nitrogens with one attached hydrogen (secondary N) is 2. The Kier molecular flexibility index (Phi) is 4.70. The van der Waals surface area contributed by atoms with Gasteiger partial charge < -0.3 is 9.88 Å². The minimum Gasteiger partial charge on any atom is -0.356 e. The maximum atomic E-state index is 12.7. The van der Waals surface area contributed by atoms with Crippen molar-refractivity contribution in [3.63, 3.8) is 0 Å². The van der Waals surface area contributed by atoms with Gasteiger partial charge in [0.2, 0.25) is 0 Å². The van der Waals surface area contributed by atoms with Crippen molar-refractivity contribution in [2.45, 2.75) is 23.9 Å². The second-order valence-corrected chi connectivity index (χ2v) is 7.61. The molecule has 140 valence electrons. The molecule has 10 heteroatoms. The van der Waals surface area contributed by atoms with E-state index in [1.165, 1.54) is 12.1 Å². The molecule has 0 radical (unpaired) electrons. The molecule has 6 nitrogen and oxygen atoms in total. The number of aromatic nitrogens is 1.